The van der Waals surface area contributed by atoms with E-state index in [0.29, 0.717) is 0 Å². The van der Waals surface area contributed by atoms with Crippen molar-refractivity contribution in [2.45, 2.75) is 30.0 Å². The van der Waals surface area contributed by atoms with Gasteiger partial charge in [0.1, 0.15) is 0 Å². The predicted octanol–water partition coefficient (Wildman–Crippen LogP) is -6.47. The number of guanidine groups is 2. The highest BCUT2D eigenvalue weighted by Gasteiger charge is 2.75. The molecule has 0 aliphatic carbocycles. The molecule has 10 N–H and O–H groups in total. The largest absolute Gasteiger partial charge is 0.392 e. The second-order valence-electron chi connectivity index (χ2n) is 5.10. The van der Waals surface area contributed by atoms with Gasteiger partial charge in [0, 0.05) is 6.42 Å². The molecule has 0 aromatic rings. The second-order valence-corrected chi connectivity index (χ2v) is 5.10. The van der Waals surface area contributed by atoms with Crippen LogP contribution in [0.4, 0.5) is 0 Å². The first-order valence-corrected chi connectivity index (χ1v) is 5.96. The van der Waals surface area contributed by atoms with Gasteiger partial charge in [-0.1, -0.05) is 0 Å². The van der Waals surface area contributed by atoms with E-state index in [1.165, 1.54) is 4.58 Å². The molecule has 10 nitrogen and oxygen atoms in total. The summed E-state index contributed by atoms with van der Waals surface area (Å²) < 4.78 is 1.44. The van der Waals surface area contributed by atoms with Gasteiger partial charge in [0.2, 0.25) is 5.79 Å². The molecule has 0 unspecified atom stereocenters. The summed E-state index contributed by atoms with van der Waals surface area (Å²) in [5.41, 5.74) is 10.1. The number of hydroxylamine groups is 2. The van der Waals surface area contributed by atoms with Gasteiger partial charge in [-0.15, -0.1) is 5.06 Å². The van der Waals surface area contributed by atoms with Crippen LogP contribution in [0.5, 0.6) is 0 Å². The zero-order valence-electron chi connectivity index (χ0n) is 10.1. The molecule has 3 aliphatic heterocycles. The van der Waals surface area contributed by atoms with Gasteiger partial charge < -0.3 is 15.3 Å². The number of hydrogen-bond donors (Lipinski definition) is 8. The van der Waals surface area contributed by atoms with Crippen LogP contribution >= 0.6 is 0 Å². The molecule has 1 spiro atoms. The average molecular weight is 274 g/mol. The Kier molecular flexibility index (Phi) is 2.27. The lowest BCUT2D eigenvalue weighted by atomic mass is 9.87. The summed E-state index contributed by atoms with van der Waals surface area (Å²) in [6.07, 6.45) is 0.0259. The summed E-state index contributed by atoms with van der Waals surface area (Å²) >= 11 is 0. The Morgan fingerprint density at radius 3 is 2.79 bits per heavy atom. The topological polar surface area (TPSA) is 165 Å². The predicted molar refractivity (Wildman–Crippen MR) is 60.4 cm³/mol. The minimum absolute atomic E-state index is 0.0259. The Bertz CT molecular complexity index is 491. The zero-order chi connectivity index (χ0) is 14.0. The van der Waals surface area contributed by atoms with Crippen molar-refractivity contribution < 1.29 is 30.1 Å². The average Bonchev–Trinajstić information content (AvgIpc) is 2.80. The van der Waals surface area contributed by atoms with Crippen LogP contribution in [-0.2, 0) is 0 Å². The fourth-order valence-corrected chi connectivity index (χ4v) is 3.31. The lowest BCUT2D eigenvalue weighted by molar-refractivity contribution is -0.684. The maximum Gasteiger partial charge on any atom is 0.377 e. The van der Waals surface area contributed by atoms with E-state index < -0.39 is 30.1 Å². The van der Waals surface area contributed by atoms with E-state index >= 15 is 0 Å². The maximum atomic E-state index is 10.3. The molecule has 0 amide bonds. The van der Waals surface area contributed by atoms with Gasteiger partial charge in [0.15, 0.2) is 12.1 Å². The van der Waals surface area contributed by atoms with Crippen LogP contribution in [0.1, 0.15) is 6.42 Å². The molecular formula is C9H18N6O4+2. The third kappa shape index (κ3) is 1.23. The molecule has 106 valence electrons. The fraction of sp³-hybridized carbons (Fsp3) is 0.778. The third-order valence-corrected chi connectivity index (χ3v) is 4.20. The van der Waals surface area contributed by atoms with Crippen molar-refractivity contribution in [2.75, 3.05) is 13.2 Å². The van der Waals surface area contributed by atoms with Crippen LogP contribution < -0.4 is 21.8 Å². The molecule has 1 fully saturated rings. The van der Waals surface area contributed by atoms with E-state index in [4.69, 9.17) is 11.5 Å². The summed E-state index contributed by atoms with van der Waals surface area (Å²) in [6, 6.07) is -1.60. The number of nitrogens with two attached hydrogens (primary N) is 2. The molecule has 0 aromatic carbocycles. The van der Waals surface area contributed by atoms with Gasteiger partial charge in [0.25, 0.3) is 5.66 Å². The molecule has 1 saturated heterocycles. The Labute approximate surface area is 108 Å². The Hall–Kier alpha value is -1.62. The summed E-state index contributed by atoms with van der Waals surface area (Å²) in [5, 5.41) is 43.5. The number of hydrogen-bond acceptors (Lipinski definition) is 8. The lowest BCUT2D eigenvalue weighted by Crippen LogP contribution is -2.91. The minimum Gasteiger partial charge on any atom is -0.392 e. The van der Waals surface area contributed by atoms with Gasteiger partial charge >= 0.3 is 11.9 Å². The molecule has 3 heterocycles. The fourth-order valence-electron chi connectivity index (χ4n) is 3.31. The van der Waals surface area contributed by atoms with Crippen molar-refractivity contribution in [1.82, 2.24) is 10.4 Å². The molecule has 0 radical (unpaired) electrons. The van der Waals surface area contributed by atoms with Crippen molar-refractivity contribution in [1.29, 1.82) is 0 Å². The first-order chi connectivity index (χ1) is 8.85. The van der Waals surface area contributed by atoms with Gasteiger partial charge in [-0.2, -0.15) is 0 Å². The molecule has 3 aliphatic rings. The molecule has 3 rings (SSSR count). The number of aliphatic hydroxyl groups excluding tert-OH is 1. The molecule has 0 saturated carbocycles. The molecule has 19 heavy (non-hydrogen) atoms. The van der Waals surface area contributed by atoms with E-state index in [2.05, 4.69) is 10.3 Å². The van der Waals surface area contributed by atoms with Crippen LogP contribution in [0.25, 0.3) is 0 Å². The number of aliphatic hydroxyl groups is 3. The van der Waals surface area contributed by atoms with Crippen LogP contribution in [0.3, 0.4) is 0 Å². The van der Waals surface area contributed by atoms with Crippen LogP contribution in [0.15, 0.2) is 0 Å². The van der Waals surface area contributed by atoms with E-state index in [9.17, 15) is 20.5 Å². The Morgan fingerprint density at radius 2 is 2.16 bits per heavy atom. The quantitative estimate of drug-likeness (QED) is 0.173. The van der Waals surface area contributed by atoms with Crippen LogP contribution in [0.2, 0.25) is 0 Å². The van der Waals surface area contributed by atoms with Gasteiger partial charge in [-0.3, -0.25) is 16.5 Å². The summed E-state index contributed by atoms with van der Waals surface area (Å²) in [5.74, 6) is -2.04. The highest BCUT2D eigenvalue weighted by atomic mass is 16.5. The van der Waals surface area contributed by atoms with Crippen molar-refractivity contribution in [3.05, 3.63) is 0 Å². The van der Waals surface area contributed by atoms with E-state index in [-0.39, 0.29) is 24.9 Å². The van der Waals surface area contributed by atoms with Crippen molar-refractivity contribution >= 4 is 11.9 Å². The summed E-state index contributed by atoms with van der Waals surface area (Å²) in [6.45, 7) is -0.206. The van der Waals surface area contributed by atoms with Crippen LogP contribution in [0, 0.1) is 0 Å². The smallest absolute Gasteiger partial charge is 0.377 e. The maximum absolute atomic E-state index is 10.3. The normalized spacial score (nSPS) is 39.8. The van der Waals surface area contributed by atoms with E-state index in [1.54, 1.807) is 0 Å². The van der Waals surface area contributed by atoms with Crippen molar-refractivity contribution in [2.24, 2.45) is 11.5 Å². The Balaban J connectivity index is 2.22. The van der Waals surface area contributed by atoms with E-state index in [0.717, 1.165) is 5.06 Å². The number of nitrogens with one attached hydrogen (secondary N) is 2. The summed E-state index contributed by atoms with van der Waals surface area (Å²) in [7, 11) is 0. The molecule has 0 bridgehead atoms. The van der Waals surface area contributed by atoms with Crippen molar-refractivity contribution in [3.63, 3.8) is 0 Å². The van der Waals surface area contributed by atoms with Gasteiger partial charge in [-0.25, -0.2) is 15.1 Å². The van der Waals surface area contributed by atoms with Crippen molar-refractivity contribution in [3.8, 4) is 0 Å². The van der Waals surface area contributed by atoms with E-state index in [1.807, 2.05) is 0 Å². The third-order valence-electron chi connectivity index (χ3n) is 4.20. The lowest BCUT2D eigenvalue weighted by Gasteiger charge is -2.41. The highest BCUT2D eigenvalue weighted by molar-refractivity contribution is 5.77. The van der Waals surface area contributed by atoms with Gasteiger partial charge in [0.05, 0.1) is 13.2 Å². The highest BCUT2D eigenvalue weighted by Crippen LogP contribution is 2.38. The first kappa shape index (κ1) is 12.4. The second kappa shape index (κ2) is 3.48. The van der Waals surface area contributed by atoms with Crippen LogP contribution in [-0.4, -0.2) is 78.8 Å². The number of rotatable bonds is 1. The monoisotopic (exact) mass is 274 g/mol. The summed E-state index contributed by atoms with van der Waals surface area (Å²) in [4.78, 5) is 2.82. The zero-order valence-corrected chi connectivity index (χ0v) is 10.1. The standard InChI is InChI=1S/C9H16N6O4/c10-6-12-5-4(3-16)15(19)7(11)14-2-1-8(17,18)9(5,14)13-6/h4-5,11,16-19H,1-3H2,(H3,10,12,13)/p+2/t4-,5-,9-/m0/s1. The molecule has 10 heteroatoms. The Morgan fingerprint density at radius 1 is 1.47 bits per heavy atom. The minimum atomic E-state index is -2.11. The number of nitrogens with zero attached hydrogens (tertiary/aromatic N) is 2. The first-order valence-electron chi connectivity index (χ1n) is 5.96. The molecular weight excluding hydrogens is 256 g/mol. The SMILES string of the molecule is NC1=[NH+][C@H]2[C@H](CO)N(O)C(N)=[N+]3CCC(O)(O)[C@]23N1. The molecule has 3 atom stereocenters. The van der Waals surface area contributed by atoms with Gasteiger partial charge in [-0.05, 0) is 0 Å². The molecule has 0 aromatic heterocycles.